The van der Waals surface area contributed by atoms with Crippen LogP contribution in [-0.4, -0.2) is 5.38 Å². The van der Waals surface area contributed by atoms with E-state index in [1.807, 2.05) is 0 Å². The van der Waals surface area contributed by atoms with Crippen LogP contribution in [0.5, 0.6) is 0 Å². The molecule has 78 valence electrons. The zero-order valence-electron chi connectivity index (χ0n) is 9.06. The quantitative estimate of drug-likeness (QED) is 0.584. The molecule has 0 aromatic carbocycles. The highest BCUT2D eigenvalue weighted by molar-refractivity contribution is 6.20. The SMILES string of the molecule is CCCC(Cl)C1CCC(CC)CC1. The summed E-state index contributed by atoms with van der Waals surface area (Å²) in [5.74, 6) is 1.83. The lowest BCUT2D eigenvalue weighted by atomic mass is 9.79. The van der Waals surface area contributed by atoms with Gasteiger partial charge in [-0.1, -0.05) is 39.5 Å². The van der Waals surface area contributed by atoms with E-state index in [-0.39, 0.29) is 0 Å². The monoisotopic (exact) mass is 202 g/mol. The third-order valence-electron chi connectivity index (χ3n) is 3.54. The first-order valence-corrected chi connectivity index (χ1v) is 6.35. The summed E-state index contributed by atoms with van der Waals surface area (Å²) in [5, 5.41) is 0.461. The second-order valence-corrected chi connectivity index (χ2v) is 5.05. The lowest BCUT2D eigenvalue weighted by Crippen LogP contribution is -2.21. The van der Waals surface area contributed by atoms with Gasteiger partial charge in [0, 0.05) is 5.38 Å². The van der Waals surface area contributed by atoms with Crippen molar-refractivity contribution >= 4 is 11.6 Å². The van der Waals surface area contributed by atoms with Crippen molar-refractivity contribution in [2.24, 2.45) is 11.8 Å². The highest BCUT2D eigenvalue weighted by atomic mass is 35.5. The van der Waals surface area contributed by atoms with Crippen LogP contribution < -0.4 is 0 Å². The Labute approximate surface area is 88.1 Å². The van der Waals surface area contributed by atoms with Crippen molar-refractivity contribution in [2.75, 3.05) is 0 Å². The van der Waals surface area contributed by atoms with E-state index in [2.05, 4.69) is 13.8 Å². The molecule has 0 saturated heterocycles. The fraction of sp³-hybridized carbons (Fsp3) is 1.00. The van der Waals surface area contributed by atoms with Crippen molar-refractivity contribution in [1.29, 1.82) is 0 Å². The van der Waals surface area contributed by atoms with Gasteiger partial charge < -0.3 is 0 Å². The number of halogens is 1. The zero-order valence-corrected chi connectivity index (χ0v) is 9.82. The van der Waals surface area contributed by atoms with Crippen LogP contribution in [0.1, 0.15) is 58.8 Å². The van der Waals surface area contributed by atoms with Crippen LogP contribution in [-0.2, 0) is 0 Å². The molecule has 0 nitrogen and oxygen atoms in total. The summed E-state index contributed by atoms with van der Waals surface area (Å²) in [6.07, 6.45) is 9.43. The molecule has 1 saturated carbocycles. The van der Waals surface area contributed by atoms with E-state index in [1.165, 1.54) is 44.9 Å². The standard InChI is InChI=1S/C12H23Cl/c1-3-5-12(13)11-8-6-10(4-2)7-9-11/h10-12H,3-9H2,1-2H3. The van der Waals surface area contributed by atoms with Gasteiger partial charge in [-0.25, -0.2) is 0 Å². The van der Waals surface area contributed by atoms with E-state index >= 15 is 0 Å². The Morgan fingerprint density at radius 1 is 1.15 bits per heavy atom. The topological polar surface area (TPSA) is 0 Å². The van der Waals surface area contributed by atoms with Crippen molar-refractivity contribution in [3.63, 3.8) is 0 Å². The molecule has 0 amide bonds. The molecule has 0 bridgehead atoms. The first kappa shape index (κ1) is 11.4. The summed E-state index contributed by atoms with van der Waals surface area (Å²) in [4.78, 5) is 0. The molecule has 1 unspecified atom stereocenters. The minimum Gasteiger partial charge on any atom is -0.123 e. The number of hydrogen-bond acceptors (Lipinski definition) is 0. The number of rotatable bonds is 4. The Balaban J connectivity index is 2.23. The fourth-order valence-electron chi connectivity index (χ4n) is 2.47. The normalized spacial score (nSPS) is 31.6. The molecule has 0 spiro atoms. The minimum absolute atomic E-state index is 0.461. The molecule has 0 aromatic heterocycles. The maximum Gasteiger partial charge on any atom is 0.0364 e. The molecule has 1 fully saturated rings. The average Bonchev–Trinajstić information content (AvgIpc) is 2.18. The summed E-state index contributed by atoms with van der Waals surface area (Å²) >= 11 is 6.35. The molecule has 0 N–H and O–H groups in total. The van der Waals surface area contributed by atoms with Crippen molar-refractivity contribution in [3.05, 3.63) is 0 Å². The molecule has 1 rings (SSSR count). The smallest absolute Gasteiger partial charge is 0.0364 e. The first-order chi connectivity index (χ1) is 6.27. The van der Waals surface area contributed by atoms with E-state index < -0.39 is 0 Å². The Morgan fingerprint density at radius 3 is 2.23 bits per heavy atom. The Bertz CT molecular complexity index is 125. The van der Waals surface area contributed by atoms with Gasteiger partial charge in [-0.3, -0.25) is 0 Å². The van der Waals surface area contributed by atoms with Gasteiger partial charge in [0.2, 0.25) is 0 Å². The van der Waals surface area contributed by atoms with Crippen LogP contribution in [0.4, 0.5) is 0 Å². The molecular formula is C12H23Cl. The molecule has 0 radical (unpaired) electrons. The Kier molecular flexibility index (Phi) is 5.16. The lowest BCUT2D eigenvalue weighted by Gasteiger charge is -2.30. The highest BCUT2D eigenvalue weighted by Gasteiger charge is 2.24. The van der Waals surface area contributed by atoms with Gasteiger partial charge in [-0.05, 0) is 31.1 Å². The Hall–Kier alpha value is 0.290. The van der Waals surface area contributed by atoms with Gasteiger partial charge in [0.15, 0.2) is 0 Å². The summed E-state index contributed by atoms with van der Waals surface area (Å²) in [5.41, 5.74) is 0. The van der Waals surface area contributed by atoms with E-state index in [0.29, 0.717) is 5.38 Å². The van der Waals surface area contributed by atoms with Gasteiger partial charge in [-0.2, -0.15) is 0 Å². The third kappa shape index (κ3) is 3.50. The number of hydrogen-bond donors (Lipinski definition) is 0. The minimum atomic E-state index is 0.461. The molecule has 0 aromatic rings. The summed E-state index contributed by atoms with van der Waals surface area (Å²) in [7, 11) is 0. The molecule has 1 atom stereocenters. The fourth-order valence-corrected chi connectivity index (χ4v) is 2.94. The summed E-state index contributed by atoms with van der Waals surface area (Å²) in [6.45, 7) is 4.54. The van der Waals surface area contributed by atoms with Gasteiger partial charge in [0.05, 0.1) is 0 Å². The molecule has 1 aliphatic rings. The number of alkyl halides is 1. The molecule has 0 aliphatic heterocycles. The molecule has 13 heavy (non-hydrogen) atoms. The van der Waals surface area contributed by atoms with Crippen LogP contribution in [0.2, 0.25) is 0 Å². The van der Waals surface area contributed by atoms with Crippen molar-refractivity contribution in [1.82, 2.24) is 0 Å². The Morgan fingerprint density at radius 2 is 1.77 bits per heavy atom. The molecule has 0 heterocycles. The van der Waals surface area contributed by atoms with Crippen LogP contribution >= 0.6 is 11.6 Å². The predicted octanol–water partition coefficient (Wildman–Crippen LogP) is 4.61. The maximum absolute atomic E-state index is 6.35. The van der Waals surface area contributed by atoms with Crippen LogP contribution in [0.25, 0.3) is 0 Å². The van der Waals surface area contributed by atoms with Crippen molar-refractivity contribution in [3.8, 4) is 0 Å². The predicted molar refractivity (Wildman–Crippen MR) is 60.3 cm³/mol. The van der Waals surface area contributed by atoms with Crippen LogP contribution in [0.3, 0.4) is 0 Å². The molecular weight excluding hydrogens is 180 g/mol. The largest absolute Gasteiger partial charge is 0.123 e. The highest BCUT2D eigenvalue weighted by Crippen LogP contribution is 2.35. The van der Waals surface area contributed by atoms with Gasteiger partial charge in [-0.15, -0.1) is 11.6 Å². The maximum atomic E-state index is 6.35. The summed E-state index contributed by atoms with van der Waals surface area (Å²) in [6, 6.07) is 0. The van der Waals surface area contributed by atoms with Crippen LogP contribution in [0, 0.1) is 11.8 Å². The van der Waals surface area contributed by atoms with Gasteiger partial charge >= 0.3 is 0 Å². The second-order valence-electron chi connectivity index (χ2n) is 4.49. The van der Waals surface area contributed by atoms with E-state index in [0.717, 1.165) is 11.8 Å². The van der Waals surface area contributed by atoms with Gasteiger partial charge in [0.25, 0.3) is 0 Å². The molecule has 1 aliphatic carbocycles. The molecule has 1 heteroatoms. The van der Waals surface area contributed by atoms with E-state index in [4.69, 9.17) is 11.6 Å². The first-order valence-electron chi connectivity index (χ1n) is 5.92. The van der Waals surface area contributed by atoms with Crippen molar-refractivity contribution in [2.45, 2.75) is 64.2 Å². The second kappa shape index (κ2) is 5.90. The van der Waals surface area contributed by atoms with E-state index in [9.17, 15) is 0 Å². The third-order valence-corrected chi connectivity index (χ3v) is 4.12. The van der Waals surface area contributed by atoms with Crippen molar-refractivity contribution < 1.29 is 0 Å². The lowest BCUT2D eigenvalue weighted by molar-refractivity contribution is 0.258. The average molecular weight is 203 g/mol. The van der Waals surface area contributed by atoms with Crippen LogP contribution in [0.15, 0.2) is 0 Å². The van der Waals surface area contributed by atoms with E-state index in [1.54, 1.807) is 0 Å². The zero-order chi connectivity index (χ0) is 9.68. The summed E-state index contributed by atoms with van der Waals surface area (Å²) < 4.78 is 0. The van der Waals surface area contributed by atoms with Gasteiger partial charge in [0.1, 0.15) is 0 Å².